The van der Waals surface area contributed by atoms with Crippen LogP contribution in [-0.4, -0.2) is 37.4 Å². The Morgan fingerprint density at radius 1 is 1.69 bits per heavy atom. The van der Waals surface area contributed by atoms with Gasteiger partial charge in [-0.25, -0.2) is 0 Å². The fourth-order valence-electron chi connectivity index (χ4n) is 1.61. The summed E-state index contributed by atoms with van der Waals surface area (Å²) < 4.78 is 4.54. The number of hydrogen-bond donors (Lipinski definition) is 2. The fourth-order valence-corrected chi connectivity index (χ4v) is 1.61. The van der Waals surface area contributed by atoms with Gasteiger partial charge in [-0.15, -0.1) is 0 Å². The molecule has 2 N–H and O–H groups in total. The second-order valence-electron chi connectivity index (χ2n) is 3.44. The third-order valence-corrected chi connectivity index (χ3v) is 2.51. The predicted molar refractivity (Wildman–Crippen MR) is 48.2 cm³/mol. The molecule has 0 spiro atoms. The van der Waals surface area contributed by atoms with Crippen LogP contribution in [0, 0.1) is 5.92 Å². The first-order valence-electron chi connectivity index (χ1n) is 4.69. The summed E-state index contributed by atoms with van der Waals surface area (Å²) in [5.74, 6) is 0.00521. The Morgan fingerprint density at radius 2 is 2.46 bits per heavy atom. The van der Waals surface area contributed by atoms with Crippen molar-refractivity contribution in [1.82, 2.24) is 5.32 Å². The molecule has 1 fully saturated rings. The van der Waals surface area contributed by atoms with Crippen molar-refractivity contribution in [3.05, 3.63) is 0 Å². The second kappa shape index (κ2) is 5.19. The van der Waals surface area contributed by atoms with Crippen molar-refractivity contribution < 1.29 is 14.6 Å². The Balaban J connectivity index is 2.22. The van der Waals surface area contributed by atoms with E-state index in [4.69, 9.17) is 0 Å². The maximum absolute atomic E-state index is 10.8. The Morgan fingerprint density at radius 3 is 3.08 bits per heavy atom. The number of esters is 1. The number of carbonyl (C=O) groups excluding carboxylic acids is 1. The molecule has 0 aromatic carbocycles. The first-order chi connectivity index (χ1) is 6.24. The van der Waals surface area contributed by atoms with Gasteiger partial charge in [-0.3, -0.25) is 4.79 Å². The van der Waals surface area contributed by atoms with Gasteiger partial charge in [0.05, 0.1) is 13.2 Å². The lowest BCUT2D eigenvalue weighted by Gasteiger charge is -2.27. The lowest BCUT2D eigenvalue weighted by atomic mass is 9.92. The summed E-state index contributed by atoms with van der Waals surface area (Å²) in [5, 5.41) is 12.8. The molecule has 4 nitrogen and oxygen atoms in total. The molecule has 0 aliphatic carbocycles. The van der Waals surface area contributed by atoms with E-state index in [1.54, 1.807) is 0 Å². The standard InChI is InChI=1S/C9H17NO3/c1-13-9(12)3-2-7-6-10-5-4-8(7)11/h7-8,10-11H,2-6H2,1H3. The monoisotopic (exact) mass is 187 g/mol. The molecule has 1 aliphatic rings. The van der Waals surface area contributed by atoms with E-state index >= 15 is 0 Å². The van der Waals surface area contributed by atoms with Crippen molar-refractivity contribution in [3.63, 3.8) is 0 Å². The third-order valence-electron chi connectivity index (χ3n) is 2.51. The zero-order valence-electron chi connectivity index (χ0n) is 7.95. The summed E-state index contributed by atoms with van der Waals surface area (Å²) >= 11 is 0. The van der Waals surface area contributed by atoms with E-state index < -0.39 is 0 Å². The highest BCUT2D eigenvalue weighted by Crippen LogP contribution is 2.16. The molecule has 1 heterocycles. The molecule has 0 saturated carbocycles. The van der Waals surface area contributed by atoms with Crippen molar-refractivity contribution in [1.29, 1.82) is 0 Å². The number of rotatable bonds is 3. The van der Waals surface area contributed by atoms with E-state index in [9.17, 15) is 9.90 Å². The first kappa shape index (κ1) is 10.5. The van der Waals surface area contributed by atoms with Crippen LogP contribution >= 0.6 is 0 Å². The quantitative estimate of drug-likeness (QED) is 0.606. The highest BCUT2D eigenvalue weighted by Gasteiger charge is 2.23. The Hall–Kier alpha value is -0.610. The summed E-state index contributed by atoms with van der Waals surface area (Å²) in [6.07, 6.45) is 1.64. The molecular formula is C9H17NO3. The lowest BCUT2D eigenvalue weighted by molar-refractivity contribution is -0.141. The minimum atomic E-state index is -0.258. The van der Waals surface area contributed by atoms with Crippen LogP contribution in [0.15, 0.2) is 0 Å². The van der Waals surface area contributed by atoms with Crippen molar-refractivity contribution in [3.8, 4) is 0 Å². The zero-order valence-corrected chi connectivity index (χ0v) is 7.95. The zero-order chi connectivity index (χ0) is 9.68. The maximum Gasteiger partial charge on any atom is 0.305 e. The van der Waals surface area contributed by atoms with Gasteiger partial charge in [-0.05, 0) is 25.3 Å². The number of ether oxygens (including phenoxy) is 1. The minimum Gasteiger partial charge on any atom is -0.469 e. The molecule has 1 rings (SSSR count). The number of piperidine rings is 1. The average Bonchev–Trinajstić information content (AvgIpc) is 2.16. The molecule has 0 bridgehead atoms. The van der Waals surface area contributed by atoms with Gasteiger partial charge in [0, 0.05) is 13.0 Å². The van der Waals surface area contributed by atoms with Gasteiger partial charge in [-0.2, -0.15) is 0 Å². The second-order valence-corrected chi connectivity index (χ2v) is 3.44. The molecule has 0 aromatic rings. The summed E-state index contributed by atoms with van der Waals surface area (Å²) in [4.78, 5) is 10.8. The highest BCUT2D eigenvalue weighted by atomic mass is 16.5. The summed E-state index contributed by atoms with van der Waals surface area (Å²) in [6.45, 7) is 1.67. The van der Waals surface area contributed by atoms with E-state index in [2.05, 4.69) is 10.1 Å². The molecular weight excluding hydrogens is 170 g/mol. The van der Waals surface area contributed by atoms with Crippen LogP contribution in [0.25, 0.3) is 0 Å². The smallest absolute Gasteiger partial charge is 0.305 e. The molecule has 76 valence electrons. The van der Waals surface area contributed by atoms with Crippen molar-refractivity contribution >= 4 is 5.97 Å². The van der Waals surface area contributed by atoms with E-state index in [1.165, 1.54) is 7.11 Å². The van der Waals surface area contributed by atoms with Gasteiger partial charge < -0.3 is 15.2 Å². The van der Waals surface area contributed by atoms with Crippen molar-refractivity contribution in [2.75, 3.05) is 20.2 Å². The SMILES string of the molecule is COC(=O)CCC1CNCCC1O. The maximum atomic E-state index is 10.8. The van der Waals surface area contributed by atoms with E-state index in [0.29, 0.717) is 12.8 Å². The summed E-state index contributed by atoms with van der Waals surface area (Å²) in [7, 11) is 1.39. The molecule has 1 aliphatic heterocycles. The number of aliphatic hydroxyl groups excluding tert-OH is 1. The molecule has 1 saturated heterocycles. The van der Waals surface area contributed by atoms with Crippen LogP contribution in [-0.2, 0) is 9.53 Å². The average molecular weight is 187 g/mol. The van der Waals surface area contributed by atoms with Crippen molar-refractivity contribution in [2.45, 2.75) is 25.4 Å². The molecule has 0 aromatic heterocycles. The van der Waals surface area contributed by atoms with Crippen LogP contribution in [0.3, 0.4) is 0 Å². The number of nitrogens with one attached hydrogen (secondary N) is 1. The van der Waals surface area contributed by atoms with Crippen LogP contribution in [0.2, 0.25) is 0 Å². The van der Waals surface area contributed by atoms with E-state index in [-0.39, 0.29) is 18.0 Å². The van der Waals surface area contributed by atoms with E-state index in [1.807, 2.05) is 0 Å². The highest BCUT2D eigenvalue weighted by molar-refractivity contribution is 5.69. The van der Waals surface area contributed by atoms with Crippen molar-refractivity contribution in [2.24, 2.45) is 5.92 Å². The van der Waals surface area contributed by atoms with E-state index in [0.717, 1.165) is 19.5 Å². The normalized spacial score (nSPS) is 28.5. The fraction of sp³-hybridized carbons (Fsp3) is 0.889. The molecule has 2 unspecified atom stereocenters. The lowest BCUT2D eigenvalue weighted by Crippen LogP contribution is -2.40. The summed E-state index contributed by atoms with van der Waals surface area (Å²) in [5.41, 5.74) is 0. The Labute approximate surface area is 78.3 Å². The van der Waals surface area contributed by atoms with Crippen LogP contribution < -0.4 is 5.32 Å². The molecule has 0 radical (unpaired) electrons. The summed E-state index contributed by atoms with van der Waals surface area (Å²) in [6, 6.07) is 0. The van der Waals surface area contributed by atoms with Gasteiger partial charge in [0.1, 0.15) is 0 Å². The van der Waals surface area contributed by atoms with Gasteiger partial charge in [0.25, 0.3) is 0 Å². The Kier molecular flexibility index (Phi) is 4.18. The van der Waals surface area contributed by atoms with Crippen LogP contribution in [0.5, 0.6) is 0 Å². The van der Waals surface area contributed by atoms with Gasteiger partial charge in [-0.1, -0.05) is 0 Å². The molecule has 2 atom stereocenters. The van der Waals surface area contributed by atoms with Gasteiger partial charge in [0.2, 0.25) is 0 Å². The number of carbonyl (C=O) groups is 1. The topological polar surface area (TPSA) is 58.6 Å². The van der Waals surface area contributed by atoms with Gasteiger partial charge >= 0.3 is 5.97 Å². The molecule has 13 heavy (non-hydrogen) atoms. The number of methoxy groups -OCH3 is 1. The molecule has 0 amide bonds. The number of hydrogen-bond acceptors (Lipinski definition) is 4. The van der Waals surface area contributed by atoms with Crippen LogP contribution in [0.1, 0.15) is 19.3 Å². The predicted octanol–water partition coefficient (Wildman–Crippen LogP) is -0.0900. The van der Waals surface area contributed by atoms with Crippen LogP contribution in [0.4, 0.5) is 0 Å². The number of aliphatic hydroxyl groups is 1. The largest absolute Gasteiger partial charge is 0.469 e. The molecule has 4 heteroatoms. The van der Waals surface area contributed by atoms with Gasteiger partial charge in [0.15, 0.2) is 0 Å². The Bertz CT molecular complexity index is 172. The third kappa shape index (κ3) is 3.32. The minimum absolute atomic E-state index is 0.197. The first-order valence-corrected chi connectivity index (χ1v) is 4.69.